The number of benzene rings is 10. The van der Waals surface area contributed by atoms with Crippen LogP contribution in [0, 0.1) is 0 Å². The summed E-state index contributed by atoms with van der Waals surface area (Å²) in [5, 5.41) is 351. The van der Waals surface area contributed by atoms with E-state index in [1.165, 1.54) is 0 Å². The zero-order valence-corrected chi connectivity index (χ0v) is 64.6. The highest BCUT2D eigenvalue weighted by atomic mass is 16.7. The normalized spacial score (nSPS) is 20.7. The lowest BCUT2D eigenvalue weighted by Crippen LogP contribution is -2.56. The Morgan fingerprint density at radius 2 is 0.406 bits per heavy atom. The number of phenols is 28. The lowest BCUT2D eigenvalue weighted by atomic mass is 9.80. The number of cyclic esters (lactones) is 2. The number of aromatic hydroxyl groups is 28. The van der Waals surface area contributed by atoms with Crippen molar-refractivity contribution in [2.75, 3.05) is 13.2 Å². The Hall–Kier alpha value is -19.0. The SMILES string of the molecule is O=C1OCC2OC(=O)c3cc(Oc4cc5c(c(O)c4O)-c4c(cc(O)c(O)c4O)C(=O)OC4C(COC5=O)OC(=O)c5cc(O)c(O)c(O)c5-c5c(O)c(O)c(O)c6c5C(=O)OC4C4OC(=O)c5c-6c(O)c(O)c(O)c5C4O)c(O)c(O)c3-c3c(O)c(O)c(O)c4c3C(=O)OC(C2OC(=O)c2cc(O)c(O)c(O)c2-c2c1cc(O)c(O)c2O)C1OC(=O)c2c-4c(O)c(O)c(O)c2C1O. The summed E-state index contributed by atoms with van der Waals surface area (Å²) in [5.74, 6) is -74.9. The highest BCUT2D eigenvalue weighted by molar-refractivity contribution is 6.20. The van der Waals surface area contributed by atoms with Crippen molar-refractivity contribution >= 4 is 59.7 Å². The standard InChI is InChI=1S/C82H50O51/c83-15-1-9-23(47(93)41(15)87)24-10(2-16(84)42(88)48(24)94)77(117)129-68-22(7-123-73(9)113)127-76(116)14-6-20(46(92)52(98)28(14)30-36-32(56(102)64(110)54(30)100)34-38-40(60(106)66(112)58(34)104)62(108)70(131-82(38)122)72(68)133-80(36)120)125-19-5-13-26(51(97)45(19)91)25-11(3-17(85)43(89)49(25)95)78(118)128-67-21(8-124-74(13)114)126-75(115)12-4-18(86)44(90)50(96)27(12)29-35-31(55(101)63(109)53(29)99)33-37-39(59(105)65(111)57(33)103)61(107)69(130-81(37)121)71(67)132-79(35)119/h1-6,21-22,61-62,67-72,83-112H,7-8H2. The van der Waals surface area contributed by atoms with E-state index in [0.717, 1.165) is 0 Å². The molecule has 0 aromatic heterocycles. The zero-order chi connectivity index (χ0) is 96.2. The van der Waals surface area contributed by atoms with Gasteiger partial charge in [0.25, 0.3) is 0 Å². The molecule has 30 N–H and O–H groups in total. The third-order valence-corrected chi connectivity index (χ3v) is 23.1. The molecule has 10 aliphatic heterocycles. The van der Waals surface area contributed by atoms with Crippen molar-refractivity contribution in [3.05, 3.63) is 103 Å². The van der Waals surface area contributed by atoms with E-state index in [2.05, 4.69) is 0 Å². The Morgan fingerprint density at radius 1 is 0.195 bits per heavy atom. The largest absolute Gasteiger partial charge is 0.504 e. The van der Waals surface area contributed by atoms with Gasteiger partial charge in [0.15, 0.2) is 164 Å². The number of phenolic OH excluding ortho intramolecular Hbond substituents is 28. The van der Waals surface area contributed by atoms with Crippen LogP contribution >= 0.6 is 0 Å². The lowest BCUT2D eigenvalue weighted by Gasteiger charge is -2.40. The van der Waals surface area contributed by atoms with Gasteiger partial charge in [0.2, 0.25) is 57.5 Å². The van der Waals surface area contributed by atoms with Crippen molar-refractivity contribution in [3.8, 4) is 239 Å². The highest BCUT2D eigenvalue weighted by Crippen LogP contribution is 2.67. The van der Waals surface area contributed by atoms with Gasteiger partial charge in [-0.05, 0) is 24.3 Å². The van der Waals surface area contributed by atoms with E-state index in [9.17, 15) is 168 Å². The van der Waals surface area contributed by atoms with Gasteiger partial charge in [0, 0.05) is 90.0 Å². The summed E-state index contributed by atoms with van der Waals surface area (Å²) in [6, 6.07) is 0.913. The summed E-state index contributed by atoms with van der Waals surface area (Å²) in [6.07, 6.45) is -30.3. The molecule has 10 aliphatic rings. The van der Waals surface area contributed by atoms with Crippen LogP contribution in [0.25, 0.3) is 66.8 Å². The molecule has 10 aromatic rings. The van der Waals surface area contributed by atoms with Crippen molar-refractivity contribution in [3.63, 3.8) is 0 Å². The van der Waals surface area contributed by atoms with E-state index in [1.54, 1.807) is 0 Å². The number of carbonyl (C=O) groups is 10. The molecule has 51 nitrogen and oxygen atoms in total. The molecule has 0 amide bonds. The molecule has 0 saturated carbocycles. The summed E-state index contributed by atoms with van der Waals surface area (Å²) >= 11 is 0. The van der Waals surface area contributed by atoms with Gasteiger partial charge in [-0.15, -0.1) is 0 Å². The minimum absolute atomic E-state index is 0.0614. The summed E-state index contributed by atoms with van der Waals surface area (Å²) in [5.41, 5.74) is -36.5. The molecule has 0 saturated heterocycles. The number of fused-ring (bicyclic) bond motifs is 14. The summed E-state index contributed by atoms with van der Waals surface area (Å²) in [4.78, 5) is 154. The predicted molar refractivity (Wildman–Crippen MR) is 409 cm³/mol. The van der Waals surface area contributed by atoms with Crippen molar-refractivity contribution in [1.82, 2.24) is 0 Å². The maximum Gasteiger partial charge on any atom is 0.340 e. The minimum Gasteiger partial charge on any atom is -0.504 e. The van der Waals surface area contributed by atoms with Crippen molar-refractivity contribution in [1.29, 1.82) is 0 Å². The maximum absolute atomic E-state index is 16.0. The Balaban J connectivity index is 0.846. The van der Waals surface area contributed by atoms with E-state index in [-0.39, 0.29) is 36.4 Å². The van der Waals surface area contributed by atoms with Crippen LogP contribution in [-0.4, -0.2) is 275 Å². The van der Waals surface area contributed by atoms with Crippen LogP contribution < -0.4 is 4.74 Å². The van der Waals surface area contributed by atoms with E-state index in [1.807, 2.05) is 0 Å². The Morgan fingerprint density at radius 3 is 0.714 bits per heavy atom. The number of esters is 10. The topological polar surface area (TPSA) is 879 Å². The fourth-order valence-corrected chi connectivity index (χ4v) is 17.0. The molecular weight excluding hydrogens is 1800 g/mol. The van der Waals surface area contributed by atoms with Crippen LogP contribution in [0.2, 0.25) is 0 Å². The average molecular weight is 1850 g/mol. The van der Waals surface area contributed by atoms with E-state index in [0.29, 0.717) is 0 Å². The van der Waals surface area contributed by atoms with E-state index < -0.39 is 440 Å². The molecule has 10 unspecified atom stereocenters. The lowest BCUT2D eigenvalue weighted by molar-refractivity contribution is -0.154. The second-order valence-corrected chi connectivity index (χ2v) is 30.1. The Labute approximate surface area is 727 Å². The van der Waals surface area contributed by atoms with Crippen LogP contribution in [0.5, 0.6) is 172 Å². The highest BCUT2D eigenvalue weighted by Gasteiger charge is 2.59. The van der Waals surface area contributed by atoms with Crippen molar-refractivity contribution in [2.45, 2.75) is 61.0 Å². The number of ether oxygens (including phenoxy) is 11. The molecule has 10 heterocycles. The van der Waals surface area contributed by atoms with Crippen LogP contribution in [0.3, 0.4) is 0 Å². The summed E-state index contributed by atoms with van der Waals surface area (Å²) < 4.78 is 63.0. The molecule has 10 aromatic carbocycles. The second kappa shape index (κ2) is 28.8. The molecule has 0 aliphatic carbocycles. The van der Waals surface area contributed by atoms with Crippen LogP contribution in [0.1, 0.15) is 127 Å². The average Bonchev–Trinajstić information content (AvgIpc) is 1.28. The summed E-state index contributed by atoms with van der Waals surface area (Å²) in [6.45, 7) is -3.77. The first-order valence-corrected chi connectivity index (χ1v) is 37.3. The molecule has 0 radical (unpaired) electrons. The summed E-state index contributed by atoms with van der Waals surface area (Å²) in [7, 11) is 0. The Kier molecular flexibility index (Phi) is 18.4. The molecular formula is C82H50O51. The van der Waals surface area contributed by atoms with E-state index >= 15 is 33.6 Å². The second-order valence-electron chi connectivity index (χ2n) is 30.1. The van der Waals surface area contributed by atoms with Gasteiger partial charge in [0.05, 0.1) is 55.6 Å². The van der Waals surface area contributed by atoms with Gasteiger partial charge in [-0.3, -0.25) is 0 Å². The maximum atomic E-state index is 16.0. The smallest absolute Gasteiger partial charge is 0.340 e. The van der Waals surface area contributed by atoms with Crippen LogP contribution in [-0.2, 0) is 47.4 Å². The number of carbonyl (C=O) groups excluding carboxylic acids is 10. The molecule has 684 valence electrons. The molecule has 0 spiro atoms. The van der Waals surface area contributed by atoms with Crippen LogP contribution in [0.15, 0.2) is 36.4 Å². The third-order valence-electron chi connectivity index (χ3n) is 23.1. The molecule has 20 rings (SSSR count). The van der Waals surface area contributed by atoms with Gasteiger partial charge in [0.1, 0.15) is 25.4 Å². The monoisotopic (exact) mass is 1850 g/mol. The van der Waals surface area contributed by atoms with Gasteiger partial charge in [-0.25, -0.2) is 47.9 Å². The number of aliphatic hydroxyl groups excluding tert-OH is 2. The third kappa shape index (κ3) is 11.6. The molecule has 10 atom stereocenters. The first-order valence-electron chi connectivity index (χ1n) is 37.3. The molecule has 51 heteroatoms. The molecule has 0 fully saturated rings. The van der Waals surface area contributed by atoms with Crippen LogP contribution in [0.4, 0.5) is 0 Å². The first-order chi connectivity index (χ1) is 62.6. The quantitative estimate of drug-likeness (QED) is 0.0670. The molecule has 133 heavy (non-hydrogen) atoms. The van der Waals surface area contributed by atoms with Gasteiger partial charge >= 0.3 is 59.7 Å². The predicted octanol–water partition coefficient (Wildman–Crippen LogP) is 3.33. The minimum atomic E-state index is -3.16. The van der Waals surface area contributed by atoms with E-state index in [4.69, 9.17) is 52.1 Å². The Bertz CT molecular complexity index is 7240. The fraction of sp³-hybridized carbons (Fsp3) is 0.146. The number of hydrogen-bond acceptors (Lipinski definition) is 51. The number of rotatable bonds is 2. The van der Waals surface area contributed by atoms with Gasteiger partial charge in [-0.1, -0.05) is 0 Å². The fourth-order valence-electron chi connectivity index (χ4n) is 17.0. The van der Waals surface area contributed by atoms with Gasteiger partial charge in [-0.2, -0.15) is 0 Å². The van der Waals surface area contributed by atoms with Gasteiger partial charge < -0.3 is 205 Å². The molecule has 12 bridgehead atoms. The van der Waals surface area contributed by atoms with Crippen molar-refractivity contribution in [2.24, 2.45) is 0 Å². The number of hydrogen-bond donors (Lipinski definition) is 30. The zero-order valence-electron chi connectivity index (χ0n) is 64.6. The first kappa shape index (κ1) is 84.8. The number of aliphatic hydroxyl groups is 2. The van der Waals surface area contributed by atoms with Crippen molar-refractivity contribution < 1.29 is 253 Å².